The first kappa shape index (κ1) is 21.6. The fraction of sp³-hybridized carbons (Fsp3) is 0.435. The van der Waals surface area contributed by atoms with Crippen LogP contribution >= 0.6 is 0 Å². The Morgan fingerprint density at radius 3 is 2.25 bits per heavy atom. The molecule has 0 spiro atoms. The van der Waals surface area contributed by atoms with Crippen molar-refractivity contribution in [1.82, 2.24) is 5.32 Å². The second kappa shape index (κ2) is 10.0. The number of carbonyl (C=O) groups is 1. The smallest absolute Gasteiger partial charge is 0.261 e. The van der Waals surface area contributed by atoms with Crippen LogP contribution in [0.15, 0.2) is 36.4 Å². The lowest BCUT2D eigenvalue weighted by Gasteiger charge is -2.18. The van der Waals surface area contributed by atoms with Gasteiger partial charge in [-0.25, -0.2) is 0 Å². The number of rotatable bonds is 9. The lowest BCUT2D eigenvalue weighted by atomic mass is 10.1. The van der Waals surface area contributed by atoms with Crippen molar-refractivity contribution in [3.63, 3.8) is 0 Å². The molecule has 1 amide bonds. The van der Waals surface area contributed by atoms with Gasteiger partial charge in [-0.05, 0) is 75.1 Å². The maximum absolute atomic E-state index is 12.6. The monoisotopic (exact) mass is 385 g/mol. The number of hydrogen-bond acceptors (Lipinski definition) is 4. The van der Waals surface area contributed by atoms with Crippen molar-refractivity contribution < 1.29 is 19.0 Å². The Morgan fingerprint density at radius 2 is 1.68 bits per heavy atom. The molecule has 0 saturated carbocycles. The number of hydrogen-bond donors (Lipinski definition) is 1. The van der Waals surface area contributed by atoms with E-state index >= 15 is 0 Å². The van der Waals surface area contributed by atoms with Gasteiger partial charge in [0.05, 0.1) is 13.2 Å². The van der Waals surface area contributed by atoms with Crippen LogP contribution in [0.1, 0.15) is 43.9 Å². The van der Waals surface area contributed by atoms with Crippen molar-refractivity contribution in [3.05, 3.63) is 53.1 Å². The molecule has 1 atom stereocenters. The van der Waals surface area contributed by atoms with Gasteiger partial charge in [0.1, 0.15) is 5.75 Å². The van der Waals surface area contributed by atoms with E-state index in [2.05, 4.69) is 11.4 Å². The van der Waals surface area contributed by atoms with Gasteiger partial charge >= 0.3 is 0 Å². The average molecular weight is 386 g/mol. The molecular formula is C23H31NO4. The Morgan fingerprint density at radius 1 is 1.00 bits per heavy atom. The largest absolute Gasteiger partial charge is 0.493 e. The summed E-state index contributed by atoms with van der Waals surface area (Å²) in [4.78, 5) is 12.6. The molecule has 2 aromatic rings. The number of benzene rings is 2. The van der Waals surface area contributed by atoms with Crippen LogP contribution in [0.4, 0.5) is 0 Å². The molecule has 152 valence electrons. The van der Waals surface area contributed by atoms with Gasteiger partial charge in [0.15, 0.2) is 17.6 Å². The third kappa shape index (κ3) is 6.19. The Hall–Kier alpha value is -2.69. The summed E-state index contributed by atoms with van der Waals surface area (Å²) in [7, 11) is 1.61. The van der Waals surface area contributed by atoms with E-state index in [1.54, 1.807) is 7.11 Å². The van der Waals surface area contributed by atoms with Crippen molar-refractivity contribution >= 4 is 5.91 Å². The molecule has 0 aliphatic heterocycles. The molecule has 28 heavy (non-hydrogen) atoms. The highest BCUT2D eigenvalue weighted by Crippen LogP contribution is 2.29. The van der Waals surface area contributed by atoms with Crippen LogP contribution in [0.25, 0.3) is 0 Å². The first-order chi connectivity index (χ1) is 13.3. The highest BCUT2D eigenvalue weighted by molar-refractivity contribution is 5.81. The maximum atomic E-state index is 12.6. The number of carbonyl (C=O) groups excluding carboxylic acids is 1. The third-order valence-electron chi connectivity index (χ3n) is 4.19. The predicted octanol–water partition coefficient (Wildman–Crippen LogP) is 4.57. The molecule has 0 aromatic heterocycles. The molecule has 0 aliphatic carbocycles. The molecule has 2 rings (SSSR count). The van der Waals surface area contributed by atoms with Crippen LogP contribution in [0.5, 0.6) is 17.2 Å². The second-order valence-corrected chi connectivity index (χ2v) is 7.21. The van der Waals surface area contributed by atoms with Crippen LogP contribution < -0.4 is 19.5 Å². The number of aryl methyl sites for hydroxylation is 2. The number of nitrogens with one attached hydrogen (secondary N) is 1. The zero-order valence-corrected chi connectivity index (χ0v) is 17.7. The third-order valence-corrected chi connectivity index (χ3v) is 4.19. The quantitative estimate of drug-likeness (QED) is 0.687. The van der Waals surface area contributed by atoms with Gasteiger partial charge in [-0.3, -0.25) is 4.79 Å². The highest BCUT2D eigenvalue weighted by atomic mass is 16.5. The minimum atomic E-state index is -0.536. The minimum Gasteiger partial charge on any atom is -0.493 e. The van der Waals surface area contributed by atoms with E-state index in [-0.39, 0.29) is 12.0 Å². The van der Waals surface area contributed by atoms with Crippen LogP contribution in [0, 0.1) is 13.8 Å². The molecule has 1 unspecified atom stereocenters. The van der Waals surface area contributed by atoms with Crippen LogP contribution in [0.3, 0.4) is 0 Å². The van der Waals surface area contributed by atoms with E-state index in [0.717, 1.165) is 22.4 Å². The van der Waals surface area contributed by atoms with Gasteiger partial charge in [-0.15, -0.1) is 0 Å². The number of methoxy groups -OCH3 is 1. The van der Waals surface area contributed by atoms with E-state index in [1.807, 2.05) is 65.0 Å². The SMILES string of the molecule is CCC(Oc1cc(C)cc(C)c1)C(=O)NCc1ccc(OC(C)C)c(OC)c1. The van der Waals surface area contributed by atoms with Crippen molar-refractivity contribution in [2.24, 2.45) is 0 Å². The number of amides is 1. The molecule has 0 aliphatic rings. The van der Waals surface area contributed by atoms with Crippen LogP contribution in [-0.4, -0.2) is 25.2 Å². The average Bonchev–Trinajstić information content (AvgIpc) is 2.63. The van der Waals surface area contributed by atoms with Gasteiger partial charge in [-0.2, -0.15) is 0 Å². The summed E-state index contributed by atoms with van der Waals surface area (Å²) in [6, 6.07) is 11.6. The lowest BCUT2D eigenvalue weighted by molar-refractivity contribution is -0.128. The summed E-state index contributed by atoms with van der Waals surface area (Å²) < 4.78 is 17.1. The summed E-state index contributed by atoms with van der Waals surface area (Å²) in [6.07, 6.45) is 0.113. The molecule has 5 nitrogen and oxygen atoms in total. The second-order valence-electron chi connectivity index (χ2n) is 7.21. The molecule has 2 aromatic carbocycles. The molecule has 0 saturated heterocycles. The summed E-state index contributed by atoms with van der Waals surface area (Å²) in [5.41, 5.74) is 3.16. The van der Waals surface area contributed by atoms with E-state index in [1.165, 1.54) is 0 Å². The van der Waals surface area contributed by atoms with Gasteiger partial charge in [0.25, 0.3) is 5.91 Å². The summed E-state index contributed by atoms with van der Waals surface area (Å²) in [5.74, 6) is 1.93. The minimum absolute atomic E-state index is 0.0622. The van der Waals surface area contributed by atoms with Gasteiger partial charge in [0.2, 0.25) is 0 Å². The Kier molecular flexibility index (Phi) is 7.73. The molecule has 0 heterocycles. The van der Waals surface area contributed by atoms with Crippen molar-refractivity contribution in [1.29, 1.82) is 0 Å². The topological polar surface area (TPSA) is 56.8 Å². The first-order valence-corrected chi connectivity index (χ1v) is 9.68. The van der Waals surface area contributed by atoms with Crippen molar-refractivity contribution in [2.75, 3.05) is 7.11 Å². The van der Waals surface area contributed by atoms with E-state index in [4.69, 9.17) is 14.2 Å². The van der Waals surface area contributed by atoms with Gasteiger partial charge < -0.3 is 19.5 Å². The molecule has 0 bridgehead atoms. The Labute approximate surface area is 168 Å². The first-order valence-electron chi connectivity index (χ1n) is 9.68. The van der Waals surface area contributed by atoms with E-state index in [9.17, 15) is 4.79 Å². The number of ether oxygens (including phenoxy) is 3. The van der Waals surface area contributed by atoms with Gasteiger partial charge in [-0.1, -0.05) is 19.1 Å². The fourth-order valence-corrected chi connectivity index (χ4v) is 2.96. The van der Waals surface area contributed by atoms with Crippen molar-refractivity contribution in [3.8, 4) is 17.2 Å². The molecule has 5 heteroatoms. The van der Waals surface area contributed by atoms with Crippen molar-refractivity contribution in [2.45, 2.75) is 59.8 Å². The zero-order chi connectivity index (χ0) is 20.7. The summed E-state index contributed by atoms with van der Waals surface area (Å²) in [5, 5.41) is 2.95. The summed E-state index contributed by atoms with van der Waals surface area (Å²) in [6.45, 7) is 10.3. The fourth-order valence-electron chi connectivity index (χ4n) is 2.96. The van der Waals surface area contributed by atoms with Gasteiger partial charge in [0, 0.05) is 6.54 Å². The van der Waals surface area contributed by atoms with Crippen LogP contribution in [0.2, 0.25) is 0 Å². The normalized spacial score (nSPS) is 11.8. The molecule has 1 N–H and O–H groups in total. The molecular weight excluding hydrogens is 354 g/mol. The highest BCUT2D eigenvalue weighted by Gasteiger charge is 2.18. The Balaban J connectivity index is 2.01. The Bertz CT molecular complexity index is 781. The summed E-state index contributed by atoms with van der Waals surface area (Å²) >= 11 is 0. The van der Waals surface area contributed by atoms with Crippen LogP contribution in [-0.2, 0) is 11.3 Å². The molecule has 0 radical (unpaired) electrons. The predicted molar refractivity (Wildman–Crippen MR) is 111 cm³/mol. The standard InChI is InChI=1S/C23H31NO4/c1-7-20(28-19-11-16(4)10-17(5)12-19)23(25)24-14-18-8-9-21(27-15(2)3)22(13-18)26-6/h8-13,15,20H,7,14H2,1-6H3,(H,24,25). The zero-order valence-electron chi connectivity index (χ0n) is 17.7. The molecule has 0 fully saturated rings. The maximum Gasteiger partial charge on any atom is 0.261 e. The van der Waals surface area contributed by atoms with E-state index in [0.29, 0.717) is 24.5 Å². The van der Waals surface area contributed by atoms with E-state index < -0.39 is 6.10 Å². The lowest BCUT2D eigenvalue weighted by Crippen LogP contribution is -2.37.